The van der Waals surface area contributed by atoms with E-state index in [1.54, 1.807) is 6.92 Å². The first-order valence-corrected chi connectivity index (χ1v) is 4.80. The van der Waals surface area contributed by atoms with Crippen LogP contribution in [0.5, 0.6) is 0 Å². The lowest BCUT2D eigenvalue weighted by molar-refractivity contribution is -0.116. The zero-order valence-corrected chi connectivity index (χ0v) is 8.56. The minimum absolute atomic E-state index is 0.144. The fraction of sp³-hybridized carbons (Fsp3) is 0.182. The number of hydrogen-bond donors (Lipinski definition) is 1. The van der Waals surface area contributed by atoms with Crippen LogP contribution >= 0.6 is 11.6 Å². The Hall–Kier alpha value is -1.28. The van der Waals surface area contributed by atoms with Crippen molar-refractivity contribution < 1.29 is 4.79 Å². The van der Waals surface area contributed by atoms with Crippen molar-refractivity contribution in [3.8, 4) is 0 Å². The largest absolute Gasteiger partial charge is 0.361 e. The Morgan fingerprint density at radius 3 is 3.00 bits per heavy atom. The van der Waals surface area contributed by atoms with Gasteiger partial charge in [0.15, 0.2) is 0 Å². The van der Waals surface area contributed by atoms with Crippen LogP contribution in [0, 0.1) is 0 Å². The Morgan fingerprint density at radius 2 is 2.29 bits per heavy atom. The summed E-state index contributed by atoms with van der Waals surface area (Å²) < 4.78 is 0. The highest BCUT2D eigenvalue weighted by Gasteiger charge is 2.08. The summed E-state index contributed by atoms with van der Waals surface area (Å²) in [4.78, 5) is 14.1. The molecule has 0 spiro atoms. The predicted molar refractivity (Wildman–Crippen MR) is 57.7 cm³/mol. The minimum Gasteiger partial charge on any atom is -0.361 e. The Labute approximate surface area is 86.9 Å². The summed E-state index contributed by atoms with van der Waals surface area (Å²) in [7, 11) is 0. The van der Waals surface area contributed by atoms with Crippen molar-refractivity contribution in [1.29, 1.82) is 0 Å². The van der Waals surface area contributed by atoms with Gasteiger partial charge >= 0.3 is 0 Å². The van der Waals surface area contributed by atoms with E-state index in [4.69, 9.17) is 11.6 Å². The summed E-state index contributed by atoms with van der Waals surface area (Å²) in [5.41, 5.74) is 1.95. The van der Waals surface area contributed by atoms with Gasteiger partial charge in [-0.05, 0) is 24.6 Å². The molecule has 0 unspecified atom stereocenters. The molecule has 0 saturated carbocycles. The second-order valence-corrected chi connectivity index (χ2v) is 3.76. The van der Waals surface area contributed by atoms with Crippen molar-refractivity contribution in [2.75, 3.05) is 0 Å². The molecule has 2 aromatic rings. The van der Waals surface area contributed by atoms with Crippen LogP contribution in [0.15, 0.2) is 24.4 Å². The number of Topliss-reactive ketones (excluding diaryl/α,β-unsaturated/α-hetero) is 1. The normalized spacial score (nSPS) is 10.7. The van der Waals surface area contributed by atoms with Gasteiger partial charge in [-0.25, -0.2) is 0 Å². The highest BCUT2D eigenvalue weighted by molar-refractivity contribution is 6.35. The Bertz CT molecular complexity index is 487. The van der Waals surface area contributed by atoms with Crippen molar-refractivity contribution in [2.45, 2.75) is 13.3 Å². The van der Waals surface area contributed by atoms with Crippen LogP contribution in [-0.4, -0.2) is 10.8 Å². The van der Waals surface area contributed by atoms with E-state index in [9.17, 15) is 4.79 Å². The second-order valence-electron chi connectivity index (χ2n) is 3.36. The highest BCUT2D eigenvalue weighted by Crippen LogP contribution is 2.26. The predicted octanol–water partition coefficient (Wildman–Crippen LogP) is 2.95. The van der Waals surface area contributed by atoms with Crippen molar-refractivity contribution in [3.05, 3.63) is 35.0 Å². The molecule has 0 aliphatic rings. The summed E-state index contributed by atoms with van der Waals surface area (Å²) in [6.07, 6.45) is 2.28. The van der Waals surface area contributed by atoms with Gasteiger partial charge < -0.3 is 4.98 Å². The smallest absolute Gasteiger partial charge is 0.134 e. The number of H-pyrrole nitrogens is 1. The maximum Gasteiger partial charge on any atom is 0.134 e. The van der Waals surface area contributed by atoms with Gasteiger partial charge in [0, 0.05) is 23.5 Å². The van der Waals surface area contributed by atoms with E-state index in [2.05, 4.69) is 4.98 Å². The lowest BCUT2D eigenvalue weighted by Crippen LogP contribution is -1.94. The first-order chi connectivity index (χ1) is 6.68. The Morgan fingerprint density at radius 1 is 1.50 bits per heavy atom. The molecule has 14 heavy (non-hydrogen) atoms. The standard InChI is InChI=1S/C11H10ClNO/c1-7(14)5-8-6-13-10-4-2-3-9(12)11(8)10/h2-4,6,13H,5H2,1H3. The first-order valence-electron chi connectivity index (χ1n) is 4.42. The topological polar surface area (TPSA) is 32.9 Å². The van der Waals surface area contributed by atoms with Crippen molar-refractivity contribution in [1.82, 2.24) is 4.98 Å². The van der Waals surface area contributed by atoms with Gasteiger partial charge in [0.05, 0.1) is 5.02 Å². The first kappa shape index (κ1) is 9.28. The fourth-order valence-electron chi connectivity index (χ4n) is 1.62. The number of rotatable bonds is 2. The molecule has 0 aliphatic carbocycles. The summed E-state index contributed by atoms with van der Waals surface area (Å²) in [5.74, 6) is 0.144. The SMILES string of the molecule is CC(=O)Cc1c[nH]c2cccc(Cl)c12. The molecule has 2 rings (SSSR count). The number of fused-ring (bicyclic) bond motifs is 1. The number of hydrogen-bond acceptors (Lipinski definition) is 1. The number of aromatic nitrogens is 1. The lowest BCUT2D eigenvalue weighted by Gasteiger charge is -1.97. The van der Waals surface area contributed by atoms with Crippen molar-refractivity contribution in [3.63, 3.8) is 0 Å². The second kappa shape index (κ2) is 3.46. The minimum atomic E-state index is 0.144. The van der Waals surface area contributed by atoms with E-state index < -0.39 is 0 Å². The number of halogens is 1. The number of nitrogens with one attached hydrogen (secondary N) is 1. The van der Waals surface area contributed by atoms with Gasteiger partial charge in [-0.1, -0.05) is 17.7 Å². The molecule has 0 radical (unpaired) electrons. The zero-order chi connectivity index (χ0) is 10.1. The number of benzene rings is 1. The molecule has 0 atom stereocenters. The summed E-state index contributed by atoms with van der Waals surface area (Å²) in [6, 6.07) is 5.67. The summed E-state index contributed by atoms with van der Waals surface area (Å²) in [5, 5.41) is 1.66. The average molecular weight is 208 g/mol. The molecule has 0 bridgehead atoms. The zero-order valence-electron chi connectivity index (χ0n) is 7.80. The molecule has 1 aromatic heterocycles. The third kappa shape index (κ3) is 1.53. The van der Waals surface area contributed by atoms with Crippen LogP contribution in [0.1, 0.15) is 12.5 Å². The van der Waals surface area contributed by atoms with Gasteiger partial charge in [0.1, 0.15) is 5.78 Å². The number of carbonyl (C=O) groups is 1. The molecule has 72 valence electrons. The molecular formula is C11H10ClNO. The van der Waals surface area contributed by atoms with Crippen molar-refractivity contribution >= 4 is 28.3 Å². The maximum absolute atomic E-state index is 11.0. The lowest BCUT2D eigenvalue weighted by atomic mass is 10.1. The number of carbonyl (C=O) groups excluding carboxylic acids is 1. The van der Waals surface area contributed by atoms with Crippen LogP contribution in [-0.2, 0) is 11.2 Å². The number of ketones is 1. The summed E-state index contributed by atoms with van der Waals surface area (Å²) >= 11 is 6.06. The molecule has 0 aliphatic heterocycles. The van der Waals surface area contributed by atoms with Crippen LogP contribution in [0.25, 0.3) is 10.9 Å². The van der Waals surface area contributed by atoms with E-state index in [1.165, 1.54) is 0 Å². The molecule has 1 aromatic carbocycles. The van der Waals surface area contributed by atoms with Gasteiger partial charge in [0.2, 0.25) is 0 Å². The Balaban J connectivity index is 2.61. The average Bonchev–Trinajstić information content (AvgIpc) is 2.49. The van der Waals surface area contributed by atoms with E-state index in [0.717, 1.165) is 16.5 Å². The molecule has 3 heteroatoms. The van der Waals surface area contributed by atoms with Crippen LogP contribution in [0.2, 0.25) is 5.02 Å². The molecule has 1 N–H and O–H groups in total. The molecule has 0 amide bonds. The van der Waals surface area contributed by atoms with Crippen LogP contribution < -0.4 is 0 Å². The molecular weight excluding hydrogens is 198 g/mol. The molecule has 1 heterocycles. The van der Waals surface area contributed by atoms with E-state index in [1.807, 2.05) is 24.4 Å². The van der Waals surface area contributed by atoms with Gasteiger partial charge in [-0.2, -0.15) is 0 Å². The van der Waals surface area contributed by atoms with Gasteiger partial charge in [0.25, 0.3) is 0 Å². The van der Waals surface area contributed by atoms with E-state index >= 15 is 0 Å². The van der Waals surface area contributed by atoms with E-state index in [0.29, 0.717) is 11.4 Å². The monoisotopic (exact) mass is 207 g/mol. The van der Waals surface area contributed by atoms with Gasteiger partial charge in [-0.15, -0.1) is 0 Å². The fourth-order valence-corrected chi connectivity index (χ4v) is 1.91. The highest BCUT2D eigenvalue weighted by atomic mass is 35.5. The third-order valence-corrected chi connectivity index (χ3v) is 2.49. The van der Waals surface area contributed by atoms with Crippen LogP contribution in [0.4, 0.5) is 0 Å². The quantitative estimate of drug-likeness (QED) is 0.807. The van der Waals surface area contributed by atoms with Crippen molar-refractivity contribution in [2.24, 2.45) is 0 Å². The Kier molecular flexibility index (Phi) is 2.30. The van der Waals surface area contributed by atoms with Gasteiger partial charge in [-0.3, -0.25) is 4.79 Å². The molecule has 0 fully saturated rings. The van der Waals surface area contributed by atoms with Crippen LogP contribution in [0.3, 0.4) is 0 Å². The summed E-state index contributed by atoms with van der Waals surface area (Å²) in [6.45, 7) is 1.58. The molecule has 0 saturated heterocycles. The number of aromatic amines is 1. The van der Waals surface area contributed by atoms with E-state index in [-0.39, 0.29) is 5.78 Å². The third-order valence-electron chi connectivity index (χ3n) is 2.18. The maximum atomic E-state index is 11.0. The molecule has 2 nitrogen and oxygen atoms in total.